The predicted octanol–water partition coefficient (Wildman–Crippen LogP) is 0.888. The molecule has 2 amide bonds. The molecule has 0 aliphatic carbocycles. The topological polar surface area (TPSA) is 96.0 Å². The van der Waals surface area contributed by atoms with E-state index in [0.29, 0.717) is 5.56 Å². The van der Waals surface area contributed by atoms with E-state index in [1.165, 1.54) is 24.3 Å². The maximum Gasteiger partial charge on any atom is 0.240 e. The van der Waals surface area contributed by atoms with Crippen molar-refractivity contribution in [2.24, 2.45) is 11.7 Å². The lowest BCUT2D eigenvalue weighted by Crippen LogP contribution is -2.48. The van der Waals surface area contributed by atoms with Crippen LogP contribution in [0.2, 0.25) is 0 Å². The van der Waals surface area contributed by atoms with Gasteiger partial charge < -0.3 is 11.1 Å². The van der Waals surface area contributed by atoms with Crippen LogP contribution in [0.1, 0.15) is 18.9 Å². The van der Waals surface area contributed by atoms with Crippen molar-refractivity contribution in [3.8, 4) is 6.07 Å². The molecule has 0 fully saturated rings. The summed E-state index contributed by atoms with van der Waals surface area (Å²) < 4.78 is 12.7. The van der Waals surface area contributed by atoms with Crippen molar-refractivity contribution in [3.05, 3.63) is 35.6 Å². The zero-order valence-corrected chi connectivity index (χ0v) is 11.1. The van der Waals surface area contributed by atoms with E-state index in [-0.39, 0.29) is 24.6 Å². The second kappa shape index (κ2) is 7.24. The van der Waals surface area contributed by atoms with E-state index < -0.39 is 17.9 Å². The van der Waals surface area contributed by atoms with Crippen molar-refractivity contribution in [1.82, 2.24) is 5.32 Å². The Balaban J connectivity index is 2.65. The Morgan fingerprint density at radius 1 is 1.40 bits per heavy atom. The second-order valence-corrected chi connectivity index (χ2v) is 4.59. The van der Waals surface area contributed by atoms with Crippen molar-refractivity contribution < 1.29 is 14.0 Å². The zero-order valence-electron chi connectivity index (χ0n) is 11.1. The average molecular weight is 277 g/mol. The number of rotatable bonds is 6. The van der Waals surface area contributed by atoms with Crippen LogP contribution in [-0.4, -0.2) is 17.9 Å². The summed E-state index contributed by atoms with van der Waals surface area (Å²) in [5.74, 6) is -1.83. The van der Waals surface area contributed by atoms with Gasteiger partial charge in [-0.3, -0.25) is 9.59 Å². The van der Waals surface area contributed by atoms with E-state index in [9.17, 15) is 14.0 Å². The molecule has 0 aromatic heterocycles. The molecule has 0 bridgehead atoms. The van der Waals surface area contributed by atoms with Gasteiger partial charge in [0.15, 0.2) is 0 Å². The number of primary amides is 1. The molecule has 1 rings (SSSR count). The van der Waals surface area contributed by atoms with Crippen LogP contribution in [0.3, 0.4) is 0 Å². The van der Waals surface area contributed by atoms with Crippen LogP contribution >= 0.6 is 0 Å². The highest BCUT2D eigenvalue weighted by Gasteiger charge is 2.24. The summed E-state index contributed by atoms with van der Waals surface area (Å²) in [6.45, 7) is 1.66. The fourth-order valence-corrected chi connectivity index (χ4v) is 1.77. The predicted molar refractivity (Wildman–Crippen MR) is 70.6 cm³/mol. The zero-order chi connectivity index (χ0) is 15.1. The van der Waals surface area contributed by atoms with Crippen LogP contribution in [-0.2, 0) is 16.0 Å². The van der Waals surface area contributed by atoms with Gasteiger partial charge in [-0.05, 0) is 23.6 Å². The Labute approximate surface area is 116 Å². The monoisotopic (exact) mass is 277 g/mol. The van der Waals surface area contributed by atoms with Gasteiger partial charge in [-0.1, -0.05) is 19.1 Å². The number of hydrogen-bond donors (Lipinski definition) is 2. The molecule has 6 heteroatoms. The summed E-state index contributed by atoms with van der Waals surface area (Å²) in [6.07, 6.45) is 0.133. The van der Waals surface area contributed by atoms with Gasteiger partial charge >= 0.3 is 0 Å². The van der Waals surface area contributed by atoms with Gasteiger partial charge in [0.2, 0.25) is 11.8 Å². The molecule has 3 N–H and O–H groups in total. The van der Waals surface area contributed by atoms with Crippen LogP contribution in [0, 0.1) is 23.1 Å². The lowest BCUT2D eigenvalue weighted by Gasteiger charge is -2.20. The van der Waals surface area contributed by atoms with E-state index in [2.05, 4.69) is 5.32 Å². The van der Waals surface area contributed by atoms with Gasteiger partial charge in [0.25, 0.3) is 0 Å². The molecule has 1 aromatic carbocycles. The highest BCUT2D eigenvalue weighted by atomic mass is 19.1. The summed E-state index contributed by atoms with van der Waals surface area (Å²) in [5, 5.41) is 11.1. The maximum atomic E-state index is 12.7. The summed E-state index contributed by atoms with van der Waals surface area (Å²) >= 11 is 0. The first kappa shape index (κ1) is 15.6. The molecule has 0 aliphatic heterocycles. The average Bonchev–Trinajstić information content (AvgIpc) is 2.38. The van der Waals surface area contributed by atoms with Gasteiger partial charge in [-0.2, -0.15) is 5.26 Å². The molecular weight excluding hydrogens is 261 g/mol. The van der Waals surface area contributed by atoms with Gasteiger partial charge in [0.1, 0.15) is 11.9 Å². The fourth-order valence-electron chi connectivity index (χ4n) is 1.77. The molecular formula is C14H16FN3O2. The van der Waals surface area contributed by atoms with Crippen LogP contribution in [0.5, 0.6) is 0 Å². The van der Waals surface area contributed by atoms with E-state index in [0.717, 1.165) is 0 Å². The first-order valence-corrected chi connectivity index (χ1v) is 6.14. The molecule has 0 heterocycles. The van der Waals surface area contributed by atoms with Crippen molar-refractivity contribution in [3.63, 3.8) is 0 Å². The standard InChI is InChI=1S/C14H16FN3O2/c1-9(6-7-16)13(14(17)20)18-12(19)8-10-2-4-11(15)5-3-10/h2-5,9,13H,6,8H2,1H3,(H2,17,20)(H,18,19)/t9-,13+/m0/s1. The van der Waals surface area contributed by atoms with Crippen molar-refractivity contribution >= 4 is 11.8 Å². The van der Waals surface area contributed by atoms with Gasteiger partial charge in [-0.15, -0.1) is 0 Å². The third-order valence-electron chi connectivity index (χ3n) is 2.88. The molecule has 1 aromatic rings. The van der Waals surface area contributed by atoms with Crippen LogP contribution in [0.25, 0.3) is 0 Å². The van der Waals surface area contributed by atoms with Crippen LogP contribution in [0.4, 0.5) is 4.39 Å². The van der Waals surface area contributed by atoms with E-state index in [1.807, 2.05) is 6.07 Å². The number of nitrogens with zero attached hydrogens (tertiary/aromatic N) is 1. The fraction of sp³-hybridized carbons (Fsp3) is 0.357. The van der Waals surface area contributed by atoms with Gasteiger partial charge in [-0.25, -0.2) is 4.39 Å². The second-order valence-electron chi connectivity index (χ2n) is 4.59. The highest BCUT2D eigenvalue weighted by Crippen LogP contribution is 2.08. The number of carbonyl (C=O) groups is 2. The summed E-state index contributed by atoms with van der Waals surface area (Å²) in [7, 11) is 0. The molecule has 0 saturated carbocycles. The number of nitrogens with two attached hydrogens (primary N) is 1. The number of nitriles is 1. The molecule has 0 unspecified atom stereocenters. The third kappa shape index (κ3) is 4.69. The summed E-state index contributed by atoms with van der Waals surface area (Å²) in [4.78, 5) is 23.1. The molecule has 20 heavy (non-hydrogen) atoms. The Kier molecular flexibility index (Phi) is 5.66. The smallest absolute Gasteiger partial charge is 0.240 e. The van der Waals surface area contributed by atoms with Crippen molar-refractivity contribution in [1.29, 1.82) is 5.26 Å². The van der Waals surface area contributed by atoms with Crippen LogP contribution < -0.4 is 11.1 Å². The minimum Gasteiger partial charge on any atom is -0.368 e. The van der Waals surface area contributed by atoms with Crippen molar-refractivity contribution in [2.45, 2.75) is 25.8 Å². The SMILES string of the molecule is C[C@@H](CC#N)[C@@H](NC(=O)Cc1ccc(F)cc1)C(N)=O. The van der Waals surface area contributed by atoms with Gasteiger partial charge in [0.05, 0.1) is 12.5 Å². The minimum atomic E-state index is -0.886. The number of hydrogen-bond acceptors (Lipinski definition) is 3. The first-order valence-electron chi connectivity index (χ1n) is 6.14. The lowest BCUT2D eigenvalue weighted by molar-refractivity contribution is -0.128. The minimum absolute atomic E-state index is 0.0172. The molecule has 0 aliphatic rings. The Hall–Kier alpha value is -2.42. The number of benzene rings is 1. The number of carbonyl (C=O) groups excluding carboxylic acids is 2. The lowest BCUT2D eigenvalue weighted by atomic mass is 9.98. The highest BCUT2D eigenvalue weighted by molar-refractivity contribution is 5.87. The van der Waals surface area contributed by atoms with Gasteiger partial charge in [0, 0.05) is 6.42 Å². The molecule has 0 spiro atoms. The molecule has 2 atom stereocenters. The van der Waals surface area contributed by atoms with E-state index in [4.69, 9.17) is 11.0 Å². The normalized spacial score (nSPS) is 13.1. The third-order valence-corrected chi connectivity index (χ3v) is 2.88. The summed E-state index contributed by atoms with van der Waals surface area (Å²) in [6, 6.07) is 6.54. The Morgan fingerprint density at radius 2 is 2.00 bits per heavy atom. The number of amides is 2. The Bertz CT molecular complexity index is 522. The molecule has 5 nitrogen and oxygen atoms in total. The quantitative estimate of drug-likeness (QED) is 0.808. The van der Waals surface area contributed by atoms with Crippen LogP contribution in [0.15, 0.2) is 24.3 Å². The number of halogens is 1. The molecule has 0 radical (unpaired) electrons. The van der Waals surface area contributed by atoms with Crippen molar-refractivity contribution in [2.75, 3.05) is 0 Å². The first-order chi connectivity index (χ1) is 9.43. The molecule has 0 saturated heterocycles. The van der Waals surface area contributed by atoms with E-state index >= 15 is 0 Å². The maximum absolute atomic E-state index is 12.7. The summed E-state index contributed by atoms with van der Waals surface area (Å²) in [5.41, 5.74) is 5.84. The Morgan fingerprint density at radius 3 is 2.50 bits per heavy atom. The number of nitrogens with one attached hydrogen (secondary N) is 1. The largest absolute Gasteiger partial charge is 0.368 e. The molecule has 106 valence electrons. The van der Waals surface area contributed by atoms with E-state index in [1.54, 1.807) is 6.92 Å².